The maximum absolute atomic E-state index is 6.06. The van der Waals surface area contributed by atoms with Crippen LogP contribution in [0.25, 0.3) is 0 Å². The van der Waals surface area contributed by atoms with Crippen molar-refractivity contribution in [1.82, 2.24) is 9.97 Å². The van der Waals surface area contributed by atoms with Gasteiger partial charge in [-0.15, -0.1) is 11.3 Å². The molecular formula is C12H15ClN4S. The van der Waals surface area contributed by atoms with E-state index in [1.54, 1.807) is 11.3 Å². The summed E-state index contributed by atoms with van der Waals surface area (Å²) in [5, 5.41) is 3.63. The molecule has 96 valence electrons. The van der Waals surface area contributed by atoms with Crippen molar-refractivity contribution in [3.8, 4) is 0 Å². The number of hydrogen-bond donors (Lipinski definition) is 2. The summed E-state index contributed by atoms with van der Waals surface area (Å²) in [5.74, 6) is 0.861. The third-order valence-corrected chi connectivity index (χ3v) is 4.07. The minimum atomic E-state index is 0.127. The molecular weight excluding hydrogens is 268 g/mol. The fourth-order valence-corrected chi connectivity index (χ4v) is 3.02. The van der Waals surface area contributed by atoms with E-state index in [0.29, 0.717) is 16.7 Å². The standard InChI is InChI=1S/C12H15ClN4S/c1-6-4-9(8(3)18-6)7(2)17-12-10(13)11(14)15-5-16-12/h4-5,7H,1-3H3,(H3,14,15,16,17). The number of nitrogens with one attached hydrogen (secondary N) is 1. The fourth-order valence-electron chi connectivity index (χ4n) is 1.85. The number of aryl methyl sites for hydroxylation is 2. The van der Waals surface area contributed by atoms with E-state index in [-0.39, 0.29) is 6.04 Å². The quantitative estimate of drug-likeness (QED) is 0.903. The molecule has 0 saturated heterocycles. The Morgan fingerprint density at radius 3 is 2.72 bits per heavy atom. The van der Waals surface area contributed by atoms with Crippen LogP contribution in [0.5, 0.6) is 0 Å². The number of halogens is 1. The van der Waals surface area contributed by atoms with Crippen LogP contribution < -0.4 is 11.1 Å². The second kappa shape index (κ2) is 5.12. The largest absolute Gasteiger partial charge is 0.382 e. The highest BCUT2D eigenvalue weighted by Crippen LogP contribution is 2.31. The lowest BCUT2D eigenvalue weighted by molar-refractivity contribution is 0.869. The van der Waals surface area contributed by atoms with Crippen molar-refractivity contribution in [2.75, 3.05) is 11.1 Å². The Labute approximate surface area is 115 Å². The molecule has 2 heterocycles. The van der Waals surface area contributed by atoms with Gasteiger partial charge in [0.15, 0.2) is 5.82 Å². The molecule has 1 unspecified atom stereocenters. The Morgan fingerprint density at radius 1 is 1.39 bits per heavy atom. The zero-order valence-electron chi connectivity index (χ0n) is 10.5. The molecule has 2 aromatic rings. The number of anilines is 2. The molecule has 2 rings (SSSR count). The Bertz CT molecular complexity index is 567. The zero-order valence-corrected chi connectivity index (χ0v) is 12.1. The molecule has 0 spiro atoms. The second-order valence-corrected chi connectivity index (χ2v) is 5.99. The van der Waals surface area contributed by atoms with E-state index in [1.165, 1.54) is 21.6 Å². The van der Waals surface area contributed by atoms with Gasteiger partial charge in [0.25, 0.3) is 0 Å². The third kappa shape index (κ3) is 2.57. The molecule has 0 aliphatic carbocycles. The van der Waals surface area contributed by atoms with E-state index in [1.807, 2.05) is 0 Å². The second-order valence-electron chi connectivity index (χ2n) is 4.16. The van der Waals surface area contributed by atoms with Crippen LogP contribution in [0.2, 0.25) is 5.02 Å². The third-order valence-electron chi connectivity index (χ3n) is 2.72. The van der Waals surface area contributed by atoms with E-state index in [2.05, 4.69) is 42.1 Å². The number of hydrogen-bond acceptors (Lipinski definition) is 5. The molecule has 0 aliphatic heterocycles. The minimum absolute atomic E-state index is 0.127. The van der Waals surface area contributed by atoms with Crippen LogP contribution in [0, 0.1) is 13.8 Å². The smallest absolute Gasteiger partial charge is 0.150 e. The van der Waals surface area contributed by atoms with Crippen molar-refractivity contribution in [2.45, 2.75) is 26.8 Å². The van der Waals surface area contributed by atoms with E-state index >= 15 is 0 Å². The van der Waals surface area contributed by atoms with E-state index < -0.39 is 0 Å². The number of aromatic nitrogens is 2. The molecule has 0 amide bonds. The minimum Gasteiger partial charge on any atom is -0.382 e. The first kappa shape index (κ1) is 13.1. The first-order chi connectivity index (χ1) is 8.49. The van der Waals surface area contributed by atoms with Crippen LogP contribution >= 0.6 is 22.9 Å². The van der Waals surface area contributed by atoms with Gasteiger partial charge in [-0.2, -0.15) is 0 Å². The lowest BCUT2D eigenvalue weighted by atomic mass is 10.1. The molecule has 0 fully saturated rings. The highest BCUT2D eigenvalue weighted by molar-refractivity contribution is 7.12. The highest BCUT2D eigenvalue weighted by atomic mass is 35.5. The maximum atomic E-state index is 6.06. The SMILES string of the molecule is Cc1cc(C(C)Nc2ncnc(N)c2Cl)c(C)s1. The van der Waals surface area contributed by atoms with Crippen molar-refractivity contribution in [2.24, 2.45) is 0 Å². The van der Waals surface area contributed by atoms with Gasteiger partial charge < -0.3 is 11.1 Å². The molecule has 0 radical (unpaired) electrons. The topological polar surface area (TPSA) is 63.8 Å². The molecule has 18 heavy (non-hydrogen) atoms. The van der Waals surface area contributed by atoms with Crippen molar-refractivity contribution in [1.29, 1.82) is 0 Å². The molecule has 0 saturated carbocycles. The van der Waals surface area contributed by atoms with Crippen LogP contribution in [0.1, 0.15) is 28.3 Å². The molecule has 3 N–H and O–H groups in total. The number of nitrogen functional groups attached to an aromatic ring is 1. The average Bonchev–Trinajstić information content (AvgIpc) is 2.64. The Balaban J connectivity index is 2.24. The first-order valence-electron chi connectivity index (χ1n) is 5.58. The van der Waals surface area contributed by atoms with Gasteiger partial charge in [-0.05, 0) is 32.4 Å². The van der Waals surface area contributed by atoms with Gasteiger partial charge in [0.2, 0.25) is 0 Å². The first-order valence-corrected chi connectivity index (χ1v) is 6.78. The van der Waals surface area contributed by atoms with Gasteiger partial charge in [-0.1, -0.05) is 11.6 Å². The zero-order chi connectivity index (χ0) is 13.3. The van der Waals surface area contributed by atoms with Crippen LogP contribution in [0.4, 0.5) is 11.6 Å². The molecule has 2 aromatic heterocycles. The summed E-state index contributed by atoms with van der Waals surface area (Å²) in [4.78, 5) is 10.5. The van der Waals surface area contributed by atoms with Crippen molar-refractivity contribution < 1.29 is 0 Å². The van der Waals surface area contributed by atoms with Crippen molar-refractivity contribution in [3.05, 3.63) is 32.7 Å². The number of thiophene rings is 1. The number of nitrogens with two attached hydrogens (primary N) is 1. The van der Waals surface area contributed by atoms with Gasteiger partial charge in [-0.25, -0.2) is 9.97 Å². The van der Waals surface area contributed by atoms with Crippen molar-refractivity contribution >= 4 is 34.6 Å². The summed E-state index contributed by atoms with van der Waals surface area (Å²) >= 11 is 7.84. The van der Waals surface area contributed by atoms with Crippen LogP contribution in [-0.2, 0) is 0 Å². The van der Waals surface area contributed by atoms with Gasteiger partial charge >= 0.3 is 0 Å². The summed E-state index contributed by atoms with van der Waals surface area (Å²) in [6, 6.07) is 2.30. The van der Waals surface area contributed by atoms with Gasteiger partial charge in [0.1, 0.15) is 17.2 Å². The van der Waals surface area contributed by atoms with Gasteiger partial charge in [0.05, 0.1) is 6.04 Å². The molecule has 0 bridgehead atoms. The summed E-state index contributed by atoms with van der Waals surface area (Å²) in [6.07, 6.45) is 1.40. The van der Waals surface area contributed by atoms with E-state index in [4.69, 9.17) is 17.3 Å². The lowest BCUT2D eigenvalue weighted by Crippen LogP contribution is -2.09. The van der Waals surface area contributed by atoms with Crippen LogP contribution in [0.15, 0.2) is 12.4 Å². The Kier molecular flexibility index (Phi) is 3.73. The average molecular weight is 283 g/mol. The van der Waals surface area contributed by atoms with Gasteiger partial charge in [-0.3, -0.25) is 0 Å². The summed E-state index contributed by atoms with van der Waals surface area (Å²) in [6.45, 7) is 6.29. The molecule has 0 aromatic carbocycles. The lowest BCUT2D eigenvalue weighted by Gasteiger charge is -2.15. The highest BCUT2D eigenvalue weighted by Gasteiger charge is 2.14. The normalized spacial score (nSPS) is 12.4. The molecule has 6 heteroatoms. The summed E-state index contributed by atoms with van der Waals surface area (Å²) < 4.78 is 0. The monoisotopic (exact) mass is 282 g/mol. The summed E-state index contributed by atoms with van der Waals surface area (Å²) in [7, 11) is 0. The number of rotatable bonds is 3. The molecule has 0 aliphatic rings. The summed E-state index contributed by atoms with van der Waals surface area (Å²) in [5.41, 5.74) is 6.90. The predicted molar refractivity (Wildman–Crippen MR) is 77.3 cm³/mol. The van der Waals surface area contributed by atoms with Gasteiger partial charge in [0, 0.05) is 9.75 Å². The van der Waals surface area contributed by atoms with E-state index in [9.17, 15) is 0 Å². The van der Waals surface area contributed by atoms with E-state index in [0.717, 1.165) is 0 Å². The number of nitrogens with zero attached hydrogens (tertiary/aromatic N) is 2. The fraction of sp³-hybridized carbons (Fsp3) is 0.333. The molecule has 1 atom stereocenters. The van der Waals surface area contributed by atoms with Crippen LogP contribution in [0.3, 0.4) is 0 Å². The van der Waals surface area contributed by atoms with Crippen LogP contribution in [-0.4, -0.2) is 9.97 Å². The van der Waals surface area contributed by atoms with Crippen molar-refractivity contribution in [3.63, 3.8) is 0 Å². The molecule has 4 nitrogen and oxygen atoms in total. The Morgan fingerprint density at radius 2 is 2.11 bits per heavy atom. The predicted octanol–water partition coefficient (Wildman–Crippen LogP) is 3.56. The maximum Gasteiger partial charge on any atom is 0.150 e. The Hall–Kier alpha value is -1.33.